The van der Waals surface area contributed by atoms with Crippen LogP contribution >= 0.6 is 9.24 Å². The van der Waals surface area contributed by atoms with E-state index in [-0.39, 0.29) is 10.8 Å². The molecule has 0 aliphatic heterocycles. The Bertz CT molecular complexity index is 992. The molecule has 2 aromatic carbocycles. The molecule has 2 bridgehead atoms. The van der Waals surface area contributed by atoms with Gasteiger partial charge in [-0.1, -0.05) is 6.92 Å². The second-order valence-electron chi connectivity index (χ2n) is 9.33. The number of rotatable bonds is 7. The van der Waals surface area contributed by atoms with Gasteiger partial charge in [0.25, 0.3) is 0 Å². The van der Waals surface area contributed by atoms with E-state index in [1.807, 2.05) is 0 Å². The fourth-order valence-electron chi connectivity index (χ4n) is 5.11. The zero-order valence-corrected chi connectivity index (χ0v) is 20.5. The molecule has 2 aromatic rings. The van der Waals surface area contributed by atoms with Crippen molar-refractivity contribution in [2.75, 3.05) is 20.4 Å². The number of carbonyl (C=O) groups is 2. The summed E-state index contributed by atoms with van der Waals surface area (Å²) in [6.07, 6.45) is 3.47. The van der Waals surface area contributed by atoms with Crippen molar-refractivity contribution >= 4 is 21.2 Å². The molecular weight excluding hydrogens is 439 g/mol. The van der Waals surface area contributed by atoms with Gasteiger partial charge in [-0.2, -0.15) is 0 Å². The first-order chi connectivity index (χ1) is 15.8. The van der Waals surface area contributed by atoms with Crippen molar-refractivity contribution in [3.8, 4) is 11.5 Å². The van der Waals surface area contributed by atoms with Gasteiger partial charge in [-0.15, -0.1) is 9.24 Å². The molecule has 3 aliphatic carbocycles. The number of methoxy groups -OCH3 is 2. The predicted octanol–water partition coefficient (Wildman–Crippen LogP) is 4.91. The smallest absolute Gasteiger partial charge is 0.338 e. The quantitative estimate of drug-likeness (QED) is 0.423. The van der Waals surface area contributed by atoms with E-state index in [1.165, 1.54) is 0 Å². The van der Waals surface area contributed by atoms with Gasteiger partial charge in [-0.3, -0.25) is 0 Å². The number of benzene rings is 2. The lowest BCUT2D eigenvalue weighted by Gasteiger charge is -2.59. The maximum Gasteiger partial charge on any atom is 0.338 e. The largest absolute Gasteiger partial charge is 0.497 e. The molecule has 0 amide bonds. The number of esters is 2. The normalized spacial score (nSPS) is 28.1. The van der Waals surface area contributed by atoms with Crippen molar-refractivity contribution < 1.29 is 28.5 Å². The average Bonchev–Trinajstić information content (AvgIpc) is 2.86. The van der Waals surface area contributed by atoms with Crippen molar-refractivity contribution in [1.82, 2.24) is 0 Å². The third-order valence-electron chi connectivity index (χ3n) is 7.48. The third-order valence-corrected chi connectivity index (χ3v) is 8.29. The van der Waals surface area contributed by atoms with Crippen LogP contribution in [-0.2, 0) is 9.47 Å². The summed E-state index contributed by atoms with van der Waals surface area (Å²) in [5, 5.41) is 0. The Labute approximate surface area is 197 Å². The first kappa shape index (κ1) is 23.6. The molecule has 5 rings (SSSR count). The Morgan fingerprint density at radius 3 is 1.61 bits per heavy atom. The number of hydrogen-bond acceptors (Lipinski definition) is 6. The SMILES string of the molecule is COc1ccc(C(=O)OC2C(OC(=O)c3ccc(OC)cc3)C3(CP)CCC2(C)CC3)cc1. The first-order valence-corrected chi connectivity index (χ1v) is 12.1. The molecule has 0 radical (unpaired) electrons. The molecule has 3 aliphatic rings. The van der Waals surface area contributed by atoms with Crippen LogP contribution in [0.15, 0.2) is 48.5 Å². The highest BCUT2D eigenvalue weighted by molar-refractivity contribution is 7.16. The van der Waals surface area contributed by atoms with E-state index in [0.717, 1.165) is 31.8 Å². The Morgan fingerprint density at radius 2 is 1.21 bits per heavy atom. The Balaban J connectivity index is 1.60. The maximum atomic E-state index is 13.1. The van der Waals surface area contributed by atoms with E-state index in [9.17, 15) is 9.59 Å². The van der Waals surface area contributed by atoms with Crippen molar-refractivity contribution in [1.29, 1.82) is 0 Å². The highest BCUT2D eigenvalue weighted by Gasteiger charge is 2.61. The van der Waals surface area contributed by atoms with Gasteiger partial charge in [0, 0.05) is 10.8 Å². The summed E-state index contributed by atoms with van der Waals surface area (Å²) in [6.45, 7) is 2.14. The molecule has 0 heterocycles. The fourth-order valence-corrected chi connectivity index (χ4v) is 5.75. The molecule has 0 aromatic heterocycles. The topological polar surface area (TPSA) is 71.1 Å². The monoisotopic (exact) mass is 470 g/mol. The number of hydrogen-bond donors (Lipinski definition) is 0. The molecular formula is C26H31O6P. The van der Waals surface area contributed by atoms with E-state index < -0.39 is 24.1 Å². The molecule has 3 unspecified atom stereocenters. The molecule has 0 saturated heterocycles. The van der Waals surface area contributed by atoms with Crippen LogP contribution in [0.3, 0.4) is 0 Å². The average molecular weight is 471 g/mol. The number of carbonyl (C=O) groups excluding carboxylic acids is 2. The highest BCUT2D eigenvalue weighted by atomic mass is 31.0. The van der Waals surface area contributed by atoms with Gasteiger partial charge >= 0.3 is 11.9 Å². The van der Waals surface area contributed by atoms with Crippen LogP contribution < -0.4 is 9.47 Å². The van der Waals surface area contributed by atoms with Gasteiger partial charge in [0.2, 0.25) is 0 Å². The van der Waals surface area contributed by atoms with Gasteiger partial charge in [0.05, 0.1) is 25.3 Å². The zero-order chi connectivity index (χ0) is 23.6. The number of ether oxygens (including phenoxy) is 4. The molecule has 33 heavy (non-hydrogen) atoms. The Morgan fingerprint density at radius 1 is 0.788 bits per heavy atom. The summed E-state index contributed by atoms with van der Waals surface area (Å²) in [4.78, 5) is 26.2. The minimum Gasteiger partial charge on any atom is -0.497 e. The van der Waals surface area contributed by atoms with Crippen molar-refractivity contribution in [2.24, 2.45) is 10.8 Å². The minimum absolute atomic E-state index is 0.227. The molecule has 3 saturated carbocycles. The molecule has 6 nitrogen and oxygen atoms in total. The van der Waals surface area contributed by atoms with Crippen LogP contribution in [0.25, 0.3) is 0 Å². The summed E-state index contributed by atoms with van der Waals surface area (Å²) in [5.41, 5.74) is 0.423. The van der Waals surface area contributed by atoms with Crippen LogP contribution in [0.4, 0.5) is 0 Å². The van der Waals surface area contributed by atoms with Crippen LogP contribution in [-0.4, -0.2) is 44.5 Å². The van der Waals surface area contributed by atoms with E-state index in [1.54, 1.807) is 62.8 Å². The molecule has 0 spiro atoms. The van der Waals surface area contributed by atoms with Crippen molar-refractivity contribution in [2.45, 2.75) is 44.8 Å². The Hall–Kier alpha value is -2.59. The molecule has 3 atom stereocenters. The van der Waals surface area contributed by atoms with Gasteiger partial charge in [0.1, 0.15) is 23.7 Å². The maximum absolute atomic E-state index is 13.1. The second-order valence-corrected chi connectivity index (χ2v) is 9.74. The van der Waals surface area contributed by atoms with E-state index in [0.29, 0.717) is 22.6 Å². The summed E-state index contributed by atoms with van der Waals surface area (Å²) in [6, 6.07) is 13.7. The van der Waals surface area contributed by atoms with Gasteiger partial charge in [-0.25, -0.2) is 9.59 Å². The van der Waals surface area contributed by atoms with Crippen molar-refractivity contribution in [3.63, 3.8) is 0 Å². The molecule has 176 valence electrons. The van der Waals surface area contributed by atoms with E-state index in [4.69, 9.17) is 18.9 Å². The molecule has 3 fully saturated rings. The third kappa shape index (κ3) is 4.46. The van der Waals surface area contributed by atoms with Gasteiger partial charge < -0.3 is 18.9 Å². The summed E-state index contributed by atoms with van der Waals surface area (Å²) in [5.74, 6) is 0.509. The first-order valence-electron chi connectivity index (χ1n) is 11.2. The van der Waals surface area contributed by atoms with E-state index >= 15 is 0 Å². The number of fused-ring (bicyclic) bond motifs is 3. The molecule has 0 N–H and O–H groups in total. The lowest BCUT2D eigenvalue weighted by molar-refractivity contribution is -0.190. The fraction of sp³-hybridized carbons (Fsp3) is 0.462. The summed E-state index contributed by atoms with van der Waals surface area (Å²) >= 11 is 0. The standard InChI is InChI=1S/C26H31O6P/c1-25-12-14-26(16-33,15-13-25)22(32-24(28)18-6-10-20(30-3)11-7-18)21(25)31-23(27)17-4-8-19(29-2)9-5-17/h4-11,21-22H,12-16,33H2,1-3H3. The van der Waals surface area contributed by atoms with E-state index in [2.05, 4.69) is 16.2 Å². The lowest BCUT2D eigenvalue weighted by atomic mass is 9.52. The zero-order valence-electron chi connectivity index (χ0n) is 19.3. The second kappa shape index (κ2) is 9.34. The Kier molecular flexibility index (Phi) is 6.67. The summed E-state index contributed by atoms with van der Waals surface area (Å²) < 4.78 is 22.6. The van der Waals surface area contributed by atoms with Crippen LogP contribution in [0.5, 0.6) is 11.5 Å². The van der Waals surface area contributed by atoms with Gasteiger partial charge in [-0.05, 0) is 80.4 Å². The van der Waals surface area contributed by atoms with Crippen molar-refractivity contribution in [3.05, 3.63) is 59.7 Å². The molecule has 7 heteroatoms. The minimum atomic E-state index is -0.516. The van der Waals surface area contributed by atoms with Crippen LogP contribution in [0.2, 0.25) is 0 Å². The van der Waals surface area contributed by atoms with Crippen LogP contribution in [0, 0.1) is 10.8 Å². The lowest BCUT2D eigenvalue weighted by Crippen LogP contribution is -2.63. The highest BCUT2D eigenvalue weighted by Crippen LogP contribution is 2.59. The van der Waals surface area contributed by atoms with Gasteiger partial charge in [0.15, 0.2) is 0 Å². The summed E-state index contributed by atoms with van der Waals surface area (Å²) in [7, 11) is 5.97. The predicted molar refractivity (Wildman–Crippen MR) is 128 cm³/mol. The van der Waals surface area contributed by atoms with Crippen LogP contribution in [0.1, 0.15) is 53.3 Å².